The summed E-state index contributed by atoms with van der Waals surface area (Å²) in [5.41, 5.74) is 3.10. The van der Waals surface area contributed by atoms with Crippen LogP contribution in [-0.2, 0) is 0 Å². The van der Waals surface area contributed by atoms with Crippen LogP contribution in [0.4, 0.5) is 5.69 Å². The molecule has 0 aliphatic rings. The summed E-state index contributed by atoms with van der Waals surface area (Å²) in [4.78, 5) is 1.96. The Balaban J connectivity index is 0.00000288. The number of anilines is 1. The van der Waals surface area contributed by atoms with Crippen LogP contribution in [0.3, 0.4) is 0 Å². The third-order valence-corrected chi connectivity index (χ3v) is 3.75. The highest BCUT2D eigenvalue weighted by Gasteiger charge is 2.14. The molecule has 0 amide bonds. The first-order valence-electron chi connectivity index (χ1n) is 7.89. The molecule has 0 radical (unpaired) electrons. The molecule has 2 aromatic carbocycles. The number of nitrogens with zero attached hydrogens (tertiary/aromatic N) is 1. The van der Waals surface area contributed by atoms with Gasteiger partial charge in [-0.3, -0.25) is 0 Å². The number of para-hydroxylation sites is 2. The lowest BCUT2D eigenvalue weighted by molar-refractivity contribution is 0.110. The van der Waals surface area contributed by atoms with Crippen LogP contribution in [0.2, 0.25) is 0 Å². The number of benzene rings is 2. The molecule has 5 heteroatoms. The molecule has 0 heterocycles. The zero-order chi connectivity index (χ0) is 16.7. The molecule has 24 heavy (non-hydrogen) atoms. The molecule has 0 aromatic heterocycles. The van der Waals surface area contributed by atoms with Crippen LogP contribution in [-0.4, -0.2) is 42.6 Å². The molecule has 0 aliphatic heterocycles. The normalized spacial score (nSPS) is 11.5. The van der Waals surface area contributed by atoms with E-state index in [1.54, 1.807) is 0 Å². The van der Waals surface area contributed by atoms with Gasteiger partial charge in [-0.05, 0) is 37.1 Å². The van der Waals surface area contributed by atoms with E-state index in [0.717, 1.165) is 22.6 Å². The Kier molecular flexibility index (Phi) is 8.61. The molecular weight excluding hydrogens is 326 g/mol. The Hall–Kier alpha value is -1.75. The molecule has 132 valence electrons. The van der Waals surface area contributed by atoms with E-state index in [2.05, 4.69) is 0 Å². The number of hydrogen-bond donors (Lipinski definition) is 2. The highest BCUT2D eigenvalue weighted by Crippen LogP contribution is 2.22. The van der Waals surface area contributed by atoms with Crippen LogP contribution < -0.4 is 9.64 Å². The molecule has 2 aromatic rings. The maximum absolute atomic E-state index is 10.3. The summed E-state index contributed by atoms with van der Waals surface area (Å²) in [6, 6.07) is 15.8. The molecule has 0 spiro atoms. The lowest BCUT2D eigenvalue weighted by Crippen LogP contribution is -2.37. The van der Waals surface area contributed by atoms with Crippen molar-refractivity contribution in [2.24, 2.45) is 0 Å². The number of aliphatic hydroxyl groups excluding tert-OH is 2. The van der Waals surface area contributed by atoms with Gasteiger partial charge in [0.15, 0.2) is 0 Å². The predicted octanol–water partition coefficient (Wildman–Crippen LogP) is 2.96. The second-order valence-electron chi connectivity index (χ2n) is 5.69. The van der Waals surface area contributed by atoms with E-state index in [0.29, 0.717) is 13.1 Å². The van der Waals surface area contributed by atoms with E-state index in [-0.39, 0.29) is 25.6 Å². The lowest BCUT2D eigenvalue weighted by atomic mass is 10.1. The molecule has 1 unspecified atom stereocenters. The number of aryl methyl sites for hydroxylation is 2. The standard InChI is InChI=1S/C19H25NO3.ClH/c1-15-7-6-8-16(2)19(15)23-14-18(22)13-20(11-12-21)17-9-4-3-5-10-17;/h3-10,18,21-22H,11-14H2,1-2H3;1H. The number of rotatable bonds is 8. The van der Waals surface area contributed by atoms with Crippen molar-refractivity contribution in [2.45, 2.75) is 20.0 Å². The Morgan fingerprint density at radius 2 is 1.62 bits per heavy atom. The first-order chi connectivity index (χ1) is 11.1. The Morgan fingerprint density at radius 3 is 2.21 bits per heavy atom. The summed E-state index contributed by atoms with van der Waals surface area (Å²) in [5, 5.41) is 19.5. The lowest BCUT2D eigenvalue weighted by Gasteiger charge is -2.27. The van der Waals surface area contributed by atoms with Gasteiger partial charge in [-0.2, -0.15) is 0 Å². The average Bonchev–Trinajstić information content (AvgIpc) is 2.55. The van der Waals surface area contributed by atoms with Crippen LogP contribution in [0.5, 0.6) is 5.75 Å². The molecule has 0 aliphatic carbocycles. The largest absolute Gasteiger partial charge is 0.490 e. The van der Waals surface area contributed by atoms with Crippen molar-refractivity contribution in [2.75, 3.05) is 31.2 Å². The van der Waals surface area contributed by atoms with Crippen molar-refractivity contribution in [1.29, 1.82) is 0 Å². The van der Waals surface area contributed by atoms with Crippen LogP contribution in [0, 0.1) is 13.8 Å². The van der Waals surface area contributed by atoms with E-state index >= 15 is 0 Å². The van der Waals surface area contributed by atoms with Crippen molar-refractivity contribution in [1.82, 2.24) is 0 Å². The predicted molar refractivity (Wildman–Crippen MR) is 100 cm³/mol. The molecular formula is C19H26ClNO3. The first kappa shape index (κ1) is 20.3. The van der Waals surface area contributed by atoms with E-state index in [9.17, 15) is 10.2 Å². The summed E-state index contributed by atoms with van der Waals surface area (Å²) in [6.45, 7) is 5.15. The van der Waals surface area contributed by atoms with Crippen molar-refractivity contribution in [3.8, 4) is 5.75 Å². The van der Waals surface area contributed by atoms with Crippen molar-refractivity contribution in [3.63, 3.8) is 0 Å². The maximum atomic E-state index is 10.3. The minimum absolute atomic E-state index is 0. The number of aliphatic hydroxyl groups is 2. The quantitative estimate of drug-likeness (QED) is 0.767. The highest BCUT2D eigenvalue weighted by atomic mass is 35.5. The minimum Gasteiger partial charge on any atom is -0.490 e. The summed E-state index contributed by atoms with van der Waals surface area (Å²) < 4.78 is 5.81. The Labute approximate surface area is 150 Å². The van der Waals surface area contributed by atoms with Gasteiger partial charge < -0.3 is 19.8 Å². The molecule has 1 atom stereocenters. The molecule has 2 N–H and O–H groups in total. The second-order valence-corrected chi connectivity index (χ2v) is 5.69. The van der Waals surface area contributed by atoms with Crippen molar-refractivity contribution >= 4 is 18.1 Å². The fraction of sp³-hybridized carbons (Fsp3) is 0.368. The van der Waals surface area contributed by atoms with E-state index in [1.807, 2.05) is 67.3 Å². The summed E-state index contributed by atoms with van der Waals surface area (Å²) >= 11 is 0. The number of hydrogen-bond acceptors (Lipinski definition) is 4. The summed E-state index contributed by atoms with van der Waals surface area (Å²) in [7, 11) is 0. The van der Waals surface area contributed by atoms with Crippen LogP contribution in [0.25, 0.3) is 0 Å². The maximum Gasteiger partial charge on any atom is 0.125 e. The summed E-state index contributed by atoms with van der Waals surface area (Å²) in [6.07, 6.45) is -0.638. The molecule has 0 saturated heterocycles. The fourth-order valence-electron chi connectivity index (χ4n) is 2.60. The van der Waals surface area contributed by atoms with Crippen molar-refractivity contribution in [3.05, 3.63) is 59.7 Å². The van der Waals surface area contributed by atoms with Gasteiger partial charge in [0.25, 0.3) is 0 Å². The van der Waals surface area contributed by atoms with Gasteiger partial charge in [0.05, 0.1) is 6.61 Å². The SMILES string of the molecule is Cc1cccc(C)c1OCC(O)CN(CCO)c1ccccc1.Cl. The average molecular weight is 352 g/mol. The zero-order valence-electron chi connectivity index (χ0n) is 14.2. The summed E-state index contributed by atoms with van der Waals surface area (Å²) in [5.74, 6) is 0.833. The van der Waals surface area contributed by atoms with Crippen molar-refractivity contribution < 1.29 is 14.9 Å². The molecule has 2 rings (SSSR count). The minimum atomic E-state index is -0.638. The van der Waals surface area contributed by atoms with Gasteiger partial charge >= 0.3 is 0 Å². The topological polar surface area (TPSA) is 52.9 Å². The third kappa shape index (κ3) is 5.71. The highest BCUT2D eigenvalue weighted by molar-refractivity contribution is 5.85. The van der Waals surface area contributed by atoms with Gasteiger partial charge in [0.1, 0.15) is 18.5 Å². The molecule has 0 bridgehead atoms. The first-order valence-corrected chi connectivity index (χ1v) is 7.89. The third-order valence-electron chi connectivity index (χ3n) is 3.75. The number of halogens is 1. The molecule has 4 nitrogen and oxygen atoms in total. The van der Waals surface area contributed by atoms with Crippen LogP contribution in [0.15, 0.2) is 48.5 Å². The zero-order valence-corrected chi connectivity index (χ0v) is 15.0. The smallest absolute Gasteiger partial charge is 0.125 e. The van der Waals surface area contributed by atoms with E-state index in [1.165, 1.54) is 0 Å². The molecule has 0 saturated carbocycles. The van der Waals surface area contributed by atoms with Crippen LogP contribution >= 0.6 is 12.4 Å². The monoisotopic (exact) mass is 351 g/mol. The van der Waals surface area contributed by atoms with Gasteiger partial charge in [0.2, 0.25) is 0 Å². The van der Waals surface area contributed by atoms with Gasteiger partial charge in [-0.1, -0.05) is 36.4 Å². The fourth-order valence-corrected chi connectivity index (χ4v) is 2.60. The van der Waals surface area contributed by atoms with E-state index in [4.69, 9.17) is 4.74 Å². The van der Waals surface area contributed by atoms with E-state index < -0.39 is 6.10 Å². The Morgan fingerprint density at radius 1 is 1.00 bits per heavy atom. The molecule has 0 fully saturated rings. The van der Waals surface area contributed by atoms with Gasteiger partial charge in [0, 0.05) is 18.8 Å². The Bertz CT molecular complexity index is 587. The second kappa shape index (κ2) is 10.2. The van der Waals surface area contributed by atoms with Gasteiger partial charge in [-0.15, -0.1) is 12.4 Å². The van der Waals surface area contributed by atoms with Crippen LogP contribution in [0.1, 0.15) is 11.1 Å². The van der Waals surface area contributed by atoms with Gasteiger partial charge in [-0.25, -0.2) is 0 Å². The number of ether oxygens (including phenoxy) is 1.